The van der Waals surface area contributed by atoms with Crippen molar-refractivity contribution in [1.29, 1.82) is 0 Å². The topological polar surface area (TPSA) is 46.6 Å². The number of rotatable bonds is 2. The molecule has 0 heterocycles. The number of aldehydes is 1. The molecule has 0 aromatic rings. The average molecular weight is 288 g/mol. The van der Waals surface area contributed by atoms with Gasteiger partial charge in [0, 0.05) is 23.7 Å². The molecule has 0 saturated carbocycles. The second kappa shape index (κ2) is 6.42. The van der Waals surface area contributed by atoms with Crippen molar-refractivity contribution in [3.05, 3.63) is 10.6 Å². The van der Waals surface area contributed by atoms with E-state index >= 15 is 0 Å². The molecule has 108 valence electrons. The molecule has 19 heavy (non-hydrogen) atoms. The molecule has 0 aromatic carbocycles. The lowest BCUT2D eigenvalue weighted by Crippen LogP contribution is -2.40. The van der Waals surface area contributed by atoms with E-state index in [9.17, 15) is 9.59 Å². The molecule has 1 unspecified atom stereocenters. The first-order valence-electron chi connectivity index (χ1n) is 6.53. The highest BCUT2D eigenvalue weighted by Gasteiger charge is 2.27. The van der Waals surface area contributed by atoms with Crippen LogP contribution >= 0.6 is 11.6 Å². The molecule has 1 aliphatic rings. The largest absolute Gasteiger partial charge is 0.444 e. The Morgan fingerprint density at radius 1 is 1.47 bits per heavy atom. The second-order valence-corrected chi connectivity index (χ2v) is 6.35. The molecule has 5 heteroatoms. The minimum atomic E-state index is -0.517. The second-order valence-electron chi connectivity index (χ2n) is 5.89. The molecule has 1 atom stereocenters. The Hall–Kier alpha value is -1.03. The van der Waals surface area contributed by atoms with Crippen LogP contribution in [0.2, 0.25) is 0 Å². The first kappa shape index (κ1) is 16.0. The van der Waals surface area contributed by atoms with Gasteiger partial charge in [0.25, 0.3) is 0 Å². The van der Waals surface area contributed by atoms with E-state index in [2.05, 4.69) is 0 Å². The van der Waals surface area contributed by atoms with Crippen molar-refractivity contribution >= 4 is 24.0 Å². The summed E-state index contributed by atoms with van der Waals surface area (Å²) in [6.45, 7) is 5.50. The van der Waals surface area contributed by atoms with E-state index < -0.39 is 5.60 Å². The molecule has 1 amide bonds. The maximum absolute atomic E-state index is 12.0. The lowest BCUT2D eigenvalue weighted by molar-refractivity contribution is -0.105. The number of carbonyl (C=O) groups is 2. The van der Waals surface area contributed by atoms with Crippen LogP contribution in [0.1, 0.15) is 46.5 Å². The van der Waals surface area contributed by atoms with Crippen LogP contribution in [0, 0.1) is 0 Å². The molecule has 0 fully saturated rings. The summed E-state index contributed by atoms with van der Waals surface area (Å²) in [5.74, 6) is 0. The van der Waals surface area contributed by atoms with E-state index in [0.717, 1.165) is 19.1 Å². The van der Waals surface area contributed by atoms with Crippen LogP contribution in [0.5, 0.6) is 0 Å². The monoisotopic (exact) mass is 287 g/mol. The molecule has 1 aliphatic carbocycles. The fourth-order valence-corrected chi connectivity index (χ4v) is 2.30. The first-order chi connectivity index (χ1) is 8.74. The van der Waals surface area contributed by atoms with E-state index in [-0.39, 0.29) is 12.1 Å². The molecule has 0 radical (unpaired) electrons. The smallest absolute Gasteiger partial charge is 0.410 e. The summed E-state index contributed by atoms with van der Waals surface area (Å²) in [6, 6.07) is -0.0358. The van der Waals surface area contributed by atoms with Crippen LogP contribution in [-0.2, 0) is 9.53 Å². The Balaban J connectivity index is 2.74. The molecular weight excluding hydrogens is 266 g/mol. The number of nitrogens with zero attached hydrogens (tertiary/aromatic N) is 1. The minimum Gasteiger partial charge on any atom is -0.444 e. The van der Waals surface area contributed by atoms with E-state index in [1.807, 2.05) is 20.8 Å². The van der Waals surface area contributed by atoms with Gasteiger partial charge in [-0.2, -0.15) is 0 Å². The van der Waals surface area contributed by atoms with Gasteiger partial charge >= 0.3 is 6.09 Å². The maximum Gasteiger partial charge on any atom is 0.410 e. The highest BCUT2D eigenvalue weighted by Crippen LogP contribution is 2.28. The maximum atomic E-state index is 12.0. The molecule has 0 N–H and O–H groups in total. The number of hydrogen-bond acceptors (Lipinski definition) is 3. The summed E-state index contributed by atoms with van der Waals surface area (Å²) in [4.78, 5) is 24.6. The lowest BCUT2D eigenvalue weighted by atomic mass is 10.1. The fourth-order valence-electron chi connectivity index (χ4n) is 2.05. The number of carbonyl (C=O) groups excluding carboxylic acids is 2. The predicted molar refractivity (Wildman–Crippen MR) is 75.2 cm³/mol. The van der Waals surface area contributed by atoms with Crippen molar-refractivity contribution in [3.8, 4) is 0 Å². The zero-order valence-electron chi connectivity index (χ0n) is 12.0. The Labute approximate surface area is 119 Å². The molecule has 0 aromatic heterocycles. The Kier molecular flexibility index (Phi) is 5.41. The summed E-state index contributed by atoms with van der Waals surface area (Å²) in [7, 11) is 1.71. The summed E-state index contributed by atoms with van der Waals surface area (Å²) in [5, 5.41) is 0.620. The van der Waals surface area contributed by atoms with Gasteiger partial charge in [-0.15, -0.1) is 0 Å². The number of hydrogen-bond donors (Lipinski definition) is 0. The summed E-state index contributed by atoms with van der Waals surface area (Å²) in [5.41, 5.74) is 0.0800. The van der Waals surface area contributed by atoms with Gasteiger partial charge in [-0.1, -0.05) is 11.6 Å². The third-order valence-electron chi connectivity index (χ3n) is 3.11. The van der Waals surface area contributed by atoms with Crippen LogP contribution < -0.4 is 0 Å². The van der Waals surface area contributed by atoms with Gasteiger partial charge in [0.05, 0.1) is 0 Å². The number of allylic oxidation sites excluding steroid dienone is 1. The molecule has 0 bridgehead atoms. The van der Waals surface area contributed by atoms with Crippen LogP contribution in [-0.4, -0.2) is 36.0 Å². The molecule has 1 rings (SSSR count). The number of amides is 1. The van der Waals surface area contributed by atoms with Gasteiger partial charge in [-0.25, -0.2) is 4.79 Å². The molecular formula is C14H22ClNO3. The fraction of sp³-hybridized carbons (Fsp3) is 0.714. The van der Waals surface area contributed by atoms with E-state index in [1.165, 1.54) is 0 Å². The number of halogens is 1. The Bertz CT molecular complexity index is 385. The van der Waals surface area contributed by atoms with Gasteiger partial charge in [0.1, 0.15) is 11.9 Å². The summed E-state index contributed by atoms with van der Waals surface area (Å²) >= 11 is 6.06. The highest BCUT2D eigenvalue weighted by atomic mass is 35.5. The zero-order chi connectivity index (χ0) is 14.6. The average Bonchev–Trinajstić information content (AvgIpc) is 2.47. The zero-order valence-corrected chi connectivity index (χ0v) is 12.8. The summed E-state index contributed by atoms with van der Waals surface area (Å²) < 4.78 is 5.34. The lowest BCUT2D eigenvalue weighted by Gasteiger charge is -2.30. The molecule has 0 saturated heterocycles. The van der Waals surface area contributed by atoms with Gasteiger partial charge < -0.3 is 9.64 Å². The van der Waals surface area contributed by atoms with E-state index in [0.29, 0.717) is 23.4 Å². The van der Waals surface area contributed by atoms with Crippen molar-refractivity contribution in [2.24, 2.45) is 0 Å². The van der Waals surface area contributed by atoms with Crippen LogP contribution in [0.4, 0.5) is 4.79 Å². The van der Waals surface area contributed by atoms with Gasteiger partial charge in [-0.05, 0) is 46.5 Å². The van der Waals surface area contributed by atoms with Crippen molar-refractivity contribution in [3.63, 3.8) is 0 Å². The predicted octanol–water partition coefficient (Wildman–Crippen LogP) is 3.49. The first-order valence-corrected chi connectivity index (χ1v) is 6.91. The summed E-state index contributed by atoms with van der Waals surface area (Å²) in [6.07, 6.45) is 3.33. The molecule has 0 spiro atoms. The normalized spacial score (nSPS) is 20.8. The third kappa shape index (κ3) is 4.86. The van der Waals surface area contributed by atoms with Crippen LogP contribution in [0.15, 0.2) is 10.6 Å². The van der Waals surface area contributed by atoms with E-state index in [1.54, 1.807) is 11.9 Å². The standard InChI is InChI=1S/C14H22ClNO3/c1-14(2,3)19-13(18)16(4)11-6-5-7-12(15)10(8-11)9-17/h9,11H,5-8H2,1-4H3. The number of ether oxygens (including phenoxy) is 1. The highest BCUT2D eigenvalue weighted by molar-refractivity contribution is 6.31. The van der Waals surface area contributed by atoms with Gasteiger partial charge in [0.2, 0.25) is 0 Å². The van der Waals surface area contributed by atoms with Crippen molar-refractivity contribution in [1.82, 2.24) is 4.90 Å². The quantitative estimate of drug-likeness (QED) is 0.731. The molecule has 0 aliphatic heterocycles. The van der Waals surface area contributed by atoms with Crippen molar-refractivity contribution < 1.29 is 14.3 Å². The van der Waals surface area contributed by atoms with Crippen LogP contribution in [0.3, 0.4) is 0 Å². The van der Waals surface area contributed by atoms with Gasteiger partial charge in [0.15, 0.2) is 0 Å². The van der Waals surface area contributed by atoms with E-state index in [4.69, 9.17) is 16.3 Å². The van der Waals surface area contributed by atoms with Crippen molar-refractivity contribution in [2.75, 3.05) is 7.05 Å². The minimum absolute atomic E-state index is 0.0358. The van der Waals surface area contributed by atoms with Gasteiger partial charge in [-0.3, -0.25) is 4.79 Å². The molecule has 4 nitrogen and oxygen atoms in total. The Morgan fingerprint density at radius 2 is 2.11 bits per heavy atom. The van der Waals surface area contributed by atoms with Crippen LogP contribution in [0.25, 0.3) is 0 Å². The third-order valence-corrected chi connectivity index (χ3v) is 3.54. The van der Waals surface area contributed by atoms with Crippen molar-refractivity contribution in [2.45, 2.75) is 58.1 Å². The Morgan fingerprint density at radius 3 is 2.63 bits per heavy atom. The SMILES string of the molecule is CN(C(=O)OC(C)(C)C)C1CCCC(Cl)=C(C=O)C1.